The number of rotatable bonds is 2. The molecule has 0 saturated carbocycles. The second kappa shape index (κ2) is 3.49. The van der Waals surface area contributed by atoms with Crippen LogP contribution in [0.15, 0.2) is 18.3 Å². The fourth-order valence-corrected chi connectivity index (χ4v) is 1.01. The second-order valence-corrected chi connectivity index (χ2v) is 3.06. The van der Waals surface area contributed by atoms with E-state index in [2.05, 4.69) is 22.9 Å². The highest BCUT2D eigenvalue weighted by Gasteiger charge is 1.95. The van der Waals surface area contributed by atoms with Gasteiger partial charge in [-0.05, 0) is 38.7 Å². The molecule has 0 radical (unpaired) electrons. The largest absolute Gasteiger partial charge is 0.304 e. The lowest BCUT2D eigenvalue weighted by Gasteiger charge is -2.08. The molecule has 1 rings (SSSR count). The van der Waals surface area contributed by atoms with Gasteiger partial charge < -0.3 is 4.90 Å². The number of pyridine rings is 1. The van der Waals surface area contributed by atoms with Crippen LogP contribution >= 0.6 is 0 Å². The lowest BCUT2D eigenvalue weighted by molar-refractivity contribution is 0.397. The fraction of sp³-hybridized carbons (Fsp3) is 0.444. The summed E-state index contributed by atoms with van der Waals surface area (Å²) in [4.78, 5) is 6.35. The minimum atomic E-state index is 0.918. The molecule has 1 aromatic heterocycles. The summed E-state index contributed by atoms with van der Waals surface area (Å²) in [7, 11) is 4.09. The Hall–Kier alpha value is -0.890. The molecule has 0 saturated heterocycles. The topological polar surface area (TPSA) is 16.1 Å². The predicted molar refractivity (Wildman–Crippen MR) is 46.4 cm³/mol. The highest BCUT2D eigenvalue weighted by Crippen LogP contribution is 2.01. The zero-order valence-corrected chi connectivity index (χ0v) is 7.33. The third kappa shape index (κ3) is 2.68. The van der Waals surface area contributed by atoms with Gasteiger partial charge >= 0.3 is 0 Å². The number of aromatic nitrogens is 1. The van der Waals surface area contributed by atoms with Gasteiger partial charge in [0.25, 0.3) is 0 Å². The summed E-state index contributed by atoms with van der Waals surface area (Å²) in [6.45, 7) is 3.00. The van der Waals surface area contributed by atoms with Crippen molar-refractivity contribution in [2.75, 3.05) is 14.1 Å². The third-order valence-electron chi connectivity index (χ3n) is 1.45. The van der Waals surface area contributed by atoms with Crippen LogP contribution in [0.2, 0.25) is 0 Å². The molecule has 0 aliphatic heterocycles. The highest BCUT2D eigenvalue weighted by atomic mass is 15.1. The molecular weight excluding hydrogens is 136 g/mol. The smallest absolute Gasteiger partial charge is 0.0546 e. The third-order valence-corrected chi connectivity index (χ3v) is 1.45. The van der Waals surface area contributed by atoms with Gasteiger partial charge in [0, 0.05) is 12.7 Å². The Morgan fingerprint density at radius 3 is 2.73 bits per heavy atom. The first-order valence-corrected chi connectivity index (χ1v) is 3.75. The Morgan fingerprint density at radius 1 is 1.45 bits per heavy atom. The fourth-order valence-electron chi connectivity index (χ4n) is 1.01. The van der Waals surface area contributed by atoms with Crippen molar-refractivity contribution in [1.82, 2.24) is 9.88 Å². The van der Waals surface area contributed by atoms with Crippen LogP contribution < -0.4 is 0 Å². The molecule has 0 aliphatic carbocycles. The summed E-state index contributed by atoms with van der Waals surface area (Å²) in [5.74, 6) is 0. The van der Waals surface area contributed by atoms with E-state index >= 15 is 0 Å². The molecule has 0 unspecified atom stereocenters. The minimum Gasteiger partial charge on any atom is -0.304 e. The van der Waals surface area contributed by atoms with Gasteiger partial charge in [-0.25, -0.2) is 0 Å². The summed E-state index contributed by atoms with van der Waals surface area (Å²) in [5, 5.41) is 0. The van der Waals surface area contributed by atoms with Crippen LogP contribution in [-0.2, 0) is 6.54 Å². The first-order chi connectivity index (χ1) is 5.18. The van der Waals surface area contributed by atoms with Crippen molar-refractivity contribution in [2.45, 2.75) is 13.5 Å². The number of hydrogen-bond acceptors (Lipinski definition) is 2. The number of nitrogens with zero attached hydrogens (tertiary/aromatic N) is 2. The molecule has 11 heavy (non-hydrogen) atoms. The molecule has 0 aliphatic rings. The van der Waals surface area contributed by atoms with Gasteiger partial charge in [0.15, 0.2) is 0 Å². The number of hydrogen-bond donors (Lipinski definition) is 0. The van der Waals surface area contributed by atoms with E-state index in [0.29, 0.717) is 0 Å². The Balaban J connectivity index is 2.71. The Morgan fingerprint density at radius 2 is 2.18 bits per heavy atom. The van der Waals surface area contributed by atoms with Crippen molar-refractivity contribution < 1.29 is 0 Å². The van der Waals surface area contributed by atoms with Gasteiger partial charge in [-0.1, -0.05) is 0 Å². The standard InChI is InChI=1S/C9H14N2/c1-8-4-5-10-9(6-8)7-11(2)3/h4-6H,7H2,1-3H3. The van der Waals surface area contributed by atoms with E-state index in [1.807, 2.05) is 26.4 Å². The van der Waals surface area contributed by atoms with Gasteiger partial charge in [0.2, 0.25) is 0 Å². The van der Waals surface area contributed by atoms with E-state index in [1.165, 1.54) is 5.56 Å². The molecular formula is C9H14N2. The molecule has 0 fully saturated rings. The predicted octanol–water partition coefficient (Wildman–Crippen LogP) is 1.45. The van der Waals surface area contributed by atoms with E-state index in [4.69, 9.17) is 0 Å². The molecule has 60 valence electrons. The maximum atomic E-state index is 4.24. The average Bonchev–Trinajstić information content (AvgIpc) is 1.85. The minimum absolute atomic E-state index is 0.918. The quantitative estimate of drug-likeness (QED) is 0.634. The van der Waals surface area contributed by atoms with Crippen molar-refractivity contribution >= 4 is 0 Å². The summed E-state index contributed by atoms with van der Waals surface area (Å²) in [5.41, 5.74) is 2.41. The molecule has 0 atom stereocenters. The van der Waals surface area contributed by atoms with Gasteiger partial charge in [-0.15, -0.1) is 0 Å². The van der Waals surface area contributed by atoms with E-state index in [-0.39, 0.29) is 0 Å². The molecule has 2 heteroatoms. The average molecular weight is 150 g/mol. The summed E-state index contributed by atoms with van der Waals surface area (Å²) < 4.78 is 0. The van der Waals surface area contributed by atoms with E-state index < -0.39 is 0 Å². The highest BCUT2D eigenvalue weighted by molar-refractivity contribution is 5.13. The molecule has 1 aromatic rings. The van der Waals surface area contributed by atoms with Crippen LogP contribution in [0.4, 0.5) is 0 Å². The molecule has 0 amide bonds. The maximum absolute atomic E-state index is 4.24. The Labute approximate surface area is 67.9 Å². The molecule has 0 N–H and O–H groups in total. The summed E-state index contributed by atoms with van der Waals surface area (Å²) in [6, 6.07) is 4.12. The first kappa shape index (κ1) is 8.21. The summed E-state index contributed by atoms with van der Waals surface area (Å²) >= 11 is 0. The van der Waals surface area contributed by atoms with Gasteiger partial charge in [0.05, 0.1) is 5.69 Å². The van der Waals surface area contributed by atoms with E-state index in [0.717, 1.165) is 12.2 Å². The van der Waals surface area contributed by atoms with Gasteiger partial charge in [-0.3, -0.25) is 4.98 Å². The molecule has 0 aromatic carbocycles. The van der Waals surface area contributed by atoms with Crippen molar-refractivity contribution in [3.8, 4) is 0 Å². The second-order valence-electron chi connectivity index (χ2n) is 3.06. The lowest BCUT2D eigenvalue weighted by atomic mass is 10.2. The number of aryl methyl sites for hydroxylation is 1. The Bertz CT molecular complexity index is 231. The zero-order valence-electron chi connectivity index (χ0n) is 7.33. The van der Waals surface area contributed by atoms with E-state index in [1.54, 1.807) is 0 Å². The lowest BCUT2D eigenvalue weighted by Crippen LogP contribution is -2.11. The SMILES string of the molecule is Cc1ccnc(CN(C)C)c1. The van der Waals surface area contributed by atoms with Crippen molar-refractivity contribution in [1.29, 1.82) is 0 Å². The normalized spacial score (nSPS) is 10.5. The molecule has 0 bridgehead atoms. The van der Waals surface area contributed by atoms with Crippen molar-refractivity contribution in [3.63, 3.8) is 0 Å². The van der Waals surface area contributed by atoms with Crippen LogP contribution in [0.3, 0.4) is 0 Å². The first-order valence-electron chi connectivity index (χ1n) is 3.75. The van der Waals surface area contributed by atoms with Crippen LogP contribution in [0.25, 0.3) is 0 Å². The maximum Gasteiger partial charge on any atom is 0.0546 e. The summed E-state index contributed by atoms with van der Waals surface area (Å²) in [6.07, 6.45) is 1.86. The zero-order chi connectivity index (χ0) is 8.27. The van der Waals surface area contributed by atoms with Crippen LogP contribution in [-0.4, -0.2) is 24.0 Å². The monoisotopic (exact) mass is 150 g/mol. The van der Waals surface area contributed by atoms with Crippen molar-refractivity contribution in [2.24, 2.45) is 0 Å². The molecule has 1 heterocycles. The van der Waals surface area contributed by atoms with Crippen LogP contribution in [0, 0.1) is 6.92 Å². The van der Waals surface area contributed by atoms with Crippen LogP contribution in [0.5, 0.6) is 0 Å². The van der Waals surface area contributed by atoms with Gasteiger partial charge in [0.1, 0.15) is 0 Å². The van der Waals surface area contributed by atoms with Crippen LogP contribution in [0.1, 0.15) is 11.3 Å². The molecule has 0 spiro atoms. The van der Waals surface area contributed by atoms with E-state index in [9.17, 15) is 0 Å². The van der Waals surface area contributed by atoms with Gasteiger partial charge in [-0.2, -0.15) is 0 Å². The van der Waals surface area contributed by atoms with Crippen molar-refractivity contribution in [3.05, 3.63) is 29.6 Å². The molecule has 2 nitrogen and oxygen atoms in total. The Kier molecular flexibility index (Phi) is 2.60.